The van der Waals surface area contributed by atoms with Gasteiger partial charge in [0.05, 0.1) is 17.9 Å². The summed E-state index contributed by atoms with van der Waals surface area (Å²) in [6.45, 7) is 1.33. The largest absolute Gasteiger partial charge is 0.489 e. The fraction of sp³-hybridized carbons (Fsp3) is 0.263. The van der Waals surface area contributed by atoms with Gasteiger partial charge in [-0.1, -0.05) is 30.3 Å². The van der Waals surface area contributed by atoms with Crippen molar-refractivity contribution < 1.29 is 19.0 Å². The lowest BCUT2D eigenvalue weighted by molar-refractivity contribution is 0.0718. The molecule has 1 aromatic heterocycles. The normalized spacial score (nSPS) is 16.9. The number of hydrogen-bond donors (Lipinski definition) is 0. The highest BCUT2D eigenvalue weighted by atomic mass is 32.1. The third-order valence-corrected chi connectivity index (χ3v) is 4.95. The van der Waals surface area contributed by atoms with Crippen molar-refractivity contribution in [2.24, 2.45) is 0 Å². The average Bonchev–Trinajstić information content (AvgIpc) is 3.23. The number of anilines is 1. The molecule has 1 aliphatic rings. The lowest BCUT2D eigenvalue weighted by Crippen LogP contribution is -2.26. The molecule has 1 aliphatic heterocycles. The number of rotatable bonds is 6. The Hall–Kier alpha value is -2.64. The number of ether oxygens (including phenoxy) is 3. The van der Waals surface area contributed by atoms with Gasteiger partial charge in [-0.2, -0.15) is 4.37 Å². The lowest BCUT2D eigenvalue weighted by atomic mass is 10.2. The number of benzene rings is 2. The van der Waals surface area contributed by atoms with Crippen LogP contribution in [0.25, 0.3) is 10.1 Å². The van der Waals surface area contributed by atoms with Crippen molar-refractivity contribution in [2.45, 2.75) is 12.7 Å². The molecular weight excluding hydrogens is 352 g/mol. The van der Waals surface area contributed by atoms with E-state index in [1.807, 2.05) is 48.5 Å². The van der Waals surface area contributed by atoms with Crippen molar-refractivity contribution in [3.05, 3.63) is 54.1 Å². The predicted molar refractivity (Wildman–Crippen MR) is 99.9 cm³/mol. The fourth-order valence-electron chi connectivity index (χ4n) is 2.90. The minimum absolute atomic E-state index is 0.266. The number of amides is 1. The van der Waals surface area contributed by atoms with Gasteiger partial charge >= 0.3 is 6.09 Å². The lowest BCUT2D eigenvalue weighted by Gasteiger charge is -2.10. The second kappa shape index (κ2) is 7.31. The van der Waals surface area contributed by atoms with Crippen molar-refractivity contribution in [3.8, 4) is 5.75 Å². The van der Waals surface area contributed by atoms with Gasteiger partial charge in [-0.25, -0.2) is 4.79 Å². The van der Waals surface area contributed by atoms with E-state index in [1.165, 1.54) is 11.5 Å². The highest BCUT2D eigenvalue weighted by Gasteiger charge is 2.34. The average molecular weight is 370 g/mol. The Morgan fingerprint density at radius 1 is 1.27 bits per heavy atom. The number of carbonyl (C=O) groups excluding carboxylic acids is 1. The molecule has 3 aromatic rings. The second-order valence-electron chi connectivity index (χ2n) is 6.01. The molecule has 4 rings (SSSR count). The van der Waals surface area contributed by atoms with Crippen LogP contribution in [0.15, 0.2) is 48.5 Å². The van der Waals surface area contributed by atoms with Gasteiger partial charge in [-0.05, 0) is 35.3 Å². The summed E-state index contributed by atoms with van der Waals surface area (Å²) >= 11 is 1.34. The van der Waals surface area contributed by atoms with E-state index in [9.17, 15) is 4.79 Å². The van der Waals surface area contributed by atoms with Crippen LogP contribution >= 0.6 is 11.5 Å². The topological polar surface area (TPSA) is 60.9 Å². The molecule has 0 aliphatic carbocycles. The maximum Gasteiger partial charge on any atom is 0.416 e. The zero-order chi connectivity index (χ0) is 17.9. The van der Waals surface area contributed by atoms with Gasteiger partial charge in [0, 0.05) is 12.5 Å². The Bertz CT molecular complexity index is 912. The molecule has 1 fully saturated rings. The zero-order valence-electron chi connectivity index (χ0n) is 14.3. The summed E-state index contributed by atoms with van der Waals surface area (Å²) < 4.78 is 21.6. The van der Waals surface area contributed by atoms with Crippen LogP contribution in [-0.2, 0) is 16.1 Å². The Kier molecular flexibility index (Phi) is 4.73. The summed E-state index contributed by atoms with van der Waals surface area (Å²) in [5, 5.41) is 0.914. The maximum atomic E-state index is 12.1. The highest BCUT2D eigenvalue weighted by molar-refractivity contribution is 7.13. The second-order valence-corrected chi connectivity index (χ2v) is 6.82. The number of cyclic esters (lactones) is 1. The van der Waals surface area contributed by atoms with Gasteiger partial charge in [0.25, 0.3) is 0 Å². The summed E-state index contributed by atoms with van der Waals surface area (Å²) in [6, 6.07) is 15.8. The number of aromatic nitrogens is 1. The van der Waals surface area contributed by atoms with Gasteiger partial charge in [0.15, 0.2) is 5.82 Å². The van der Waals surface area contributed by atoms with E-state index >= 15 is 0 Å². The molecule has 0 bridgehead atoms. The van der Waals surface area contributed by atoms with Crippen molar-refractivity contribution >= 4 is 33.5 Å². The summed E-state index contributed by atoms with van der Waals surface area (Å²) in [7, 11) is 1.59. The molecule has 7 heteroatoms. The molecule has 0 spiro atoms. The summed E-state index contributed by atoms with van der Waals surface area (Å²) in [6.07, 6.45) is -0.651. The van der Waals surface area contributed by atoms with Gasteiger partial charge in [0.2, 0.25) is 0 Å². The molecule has 1 atom stereocenters. The van der Waals surface area contributed by atoms with Gasteiger partial charge in [-0.15, -0.1) is 0 Å². The fourth-order valence-corrected chi connectivity index (χ4v) is 3.71. The van der Waals surface area contributed by atoms with Crippen LogP contribution in [0.2, 0.25) is 0 Å². The van der Waals surface area contributed by atoms with E-state index in [-0.39, 0.29) is 12.2 Å². The summed E-state index contributed by atoms with van der Waals surface area (Å²) in [4.78, 5) is 13.7. The smallest absolute Gasteiger partial charge is 0.416 e. The highest BCUT2D eigenvalue weighted by Crippen LogP contribution is 2.34. The monoisotopic (exact) mass is 370 g/mol. The molecule has 1 saturated heterocycles. The number of fused-ring (bicyclic) bond motifs is 1. The predicted octanol–water partition coefficient (Wildman–Crippen LogP) is 3.85. The molecule has 1 amide bonds. The zero-order valence-corrected chi connectivity index (χ0v) is 15.1. The van der Waals surface area contributed by atoms with Crippen LogP contribution in [0.5, 0.6) is 5.75 Å². The number of carbonyl (C=O) groups is 1. The van der Waals surface area contributed by atoms with Crippen molar-refractivity contribution in [1.82, 2.24) is 4.37 Å². The first-order valence-electron chi connectivity index (χ1n) is 8.28. The third kappa shape index (κ3) is 3.36. The molecule has 2 aromatic carbocycles. The third-order valence-electron chi connectivity index (χ3n) is 4.16. The Morgan fingerprint density at radius 2 is 2.12 bits per heavy atom. The molecule has 0 radical (unpaired) electrons. The molecule has 0 saturated carbocycles. The molecule has 0 N–H and O–H groups in total. The van der Waals surface area contributed by atoms with Crippen molar-refractivity contribution in [2.75, 3.05) is 25.2 Å². The first-order chi connectivity index (χ1) is 12.7. The minimum atomic E-state index is -0.386. The maximum absolute atomic E-state index is 12.1. The summed E-state index contributed by atoms with van der Waals surface area (Å²) in [5.41, 5.74) is 1.11. The Labute approximate surface area is 155 Å². The van der Waals surface area contributed by atoms with Gasteiger partial charge < -0.3 is 14.2 Å². The van der Waals surface area contributed by atoms with E-state index in [2.05, 4.69) is 4.37 Å². The van der Waals surface area contributed by atoms with E-state index in [4.69, 9.17) is 14.2 Å². The molecule has 26 heavy (non-hydrogen) atoms. The SMILES string of the molecule is COC[C@@H]1CN(c2nsc3cc(OCc4ccccc4)ccc23)C(=O)O1. The molecule has 0 unspecified atom stereocenters. The van der Waals surface area contributed by atoms with Crippen LogP contribution in [0, 0.1) is 0 Å². The van der Waals surface area contributed by atoms with Crippen LogP contribution in [0.3, 0.4) is 0 Å². The molecule has 2 heterocycles. The van der Waals surface area contributed by atoms with Gasteiger partial charge in [0.1, 0.15) is 18.5 Å². The van der Waals surface area contributed by atoms with E-state index in [1.54, 1.807) is 12.0 Å². The molecular formula is C19H18N2O4S. The van der Waals surface area contributed by atoms with Crippen molar-refractivity contribution in [3.63, 3.8) is 0 Å². The standard InChI is InChI=1S/C19H18N2O4S/c1-23-12-15-10-21(19(22)25-15)18-16-8-7-14(9-17(16)26-20-18)24-11-13-5-3-2-4-6-13/h2-9,15H,10-12H2,1H3/t15-/m0/s1. The Balaban J connectivity index is 1.51. The minimum Gasteiger partial charge on any atom is -0.489 e. The number of hydrogen-bond acceptors (Lipinski definition) is 6. The van der Waals surface area contributed by atoms with E-state index < -0.39 is 0 Å². The van der Waals surface area contributed by atoms with Crippen LogP contribution in [0.4, 0.5) is 10.6 Å². The number of nitrogens with zero attached hydrogens (tertiary/aromatic N) is 2. The van der Waals surface area contributed by atoms with Crippen LogP contribution in [0.1, 0.15) is 5.56 Å². The Morgan fingerprint density at radius 3 is 2.92 bits per heavy atom. The summed E-state index contributed by atoms with van der Waals surface area (Å²) in [5.74, 6) is 1.40. The van der Waals surface area contributed by atoms with E-state index in [0.29, 0.717) is 25.6 Å². The first kappa shape index (κ1) is 16.8. The first-order valence-corrected chi connectivity index (χ1v) is 9.05. The molecule has 6 nitrogen and oxygen atoms in total. The number of methoxy groups -OCH3 is 1. The van der Waals surface area contributed by atoms with E-state index in [0.717, 1.165) is 21.4 Å². The quantitative estimate of drug-likeness (QED) is 0.660. The molecule has 134 valence electrons. The van der Waals surface area contributed by atoms with Gasteiger partial charge in [-0.3, -0.25) is 4.90 Å². The van der Waals surface area contributed by atoms with Crippen molar-refractivity contribution in [1.29, 1.82) is 0 Å². The van der Waals surface area contributed by atoms with Crippen LogP contribution < -0.4 is 9.64 Å². The van der Waals surface area contributed by atoms with Crippen LogP contribution in [-0.4, -0.2) is 36.8 Å².